The molecule has 3 aromatic rings. The summed E-state index contributed by atoms with van der Waals surface area (Å²) in [6.07, 6.45) is 5.59. The fraction of sp³-hybridized carbons (Fsp3) is 0.0909. The van der Waals surface area contributed by atoms with Gasteiger partial charge >= 0.3 is 0 Å². The van der Waals surface area contributed by atoms with Crippen LogP contribution >= 0.6 is 22.9 Å². The van der Waals surface area contributed by atoms with E-state index >= 15 is 0 Å². The molecule has 80 valence electrons. The molecule has 0 bridgehead atoms. The fourth-order valence-electron chi connectivity index (χ4n) is 1.78. The Balaban J connectivity index is 2.37. The Morgan fingerprint density at radius 3 is 3.00 bits per heavy atom. The van der Waals surface area contributed by atoms with Crippen molar-refractivity contribution >= 4 is 34.0 Å². The van der Waals surface area contributed by atoms with Crippen LogP contribution in [0.15, 0.2) is 30.2 Å². The van der Waals surface area contributed by atoms with Crippen LogP contribution in [0.25, 0.3) is 21.5 Å². The van der Waals surface area contributed by atoms with E-state index in [-0.39, 0.29) is 0 Å². The predicted molar refractivity (Wildman–Crippen MR) is 66.8 cm³/mol. The van der Waals surface area contributed by atoms with Gasteiger partial charge in [-0.3, -0.25) is 4.98 Å². The van der Waals surface area contributed by atoms with Crippen LogP contribution in [0.3, 0.4) is 0 Å². The maximum Gasteiger partial charge on any atom is 0.140 e. The molecule has 0 N–H and O–H groups in total. The molecule has 0 amide bonds. The summed E-state index contributed by atoms with van der Waals surface area (Å²) in [4.78, 5) is 9.55. The number of rotatable bonds is 1. The lowest BCUT2D eigenvalue weighted by Gasteiger charge is -1.95. The highest BCUT2D eigenvalue weighted by molar-refractivity contribution is 7.13. The van der Waals surface area contributed by atoms with Crippen LogP contribution in [0, 0.1) is 0 Å². The second kappa shape index (κ2) is 3.57. The minimum atomic E-state index is 0.657. The Morgan fingerprint density at radius 1 is 1.38 bits per heavy atom. The molecule has 3 rings (SSSR count). The number of aromatic nitrogens is 3. The van der Waals surface area contributed by atoms with Crippen molar-refractivity contribution in [1.29, 1.82) is 0 Å². The zero-order valence-corrected chi connectivity index (χ0v) is 10.1. The van der Waals surface area contributed by atoms with Crippen LogP contribution in [-0.4, -0.2) is 14.5 Å². The normalized spacial score (nSPS) is 11.1. The minimum absolute atomic E-state index is 0.657. The van der Waals surface area contributed by atoms with E-state index in [1.165, 1.54) is 0 Å². The van der Waals surface area contributed by atoms with Gasteiger partial charge in [-0.05, 0) is 6.07 Å². The van der Waals surface area contributed by atoms with Gasteiger partial charge in [-0.2, -0.15) is 0 Å². The van der Waals surface area contributed by atoms with Crippen LogP contribution in [0.1, 0.15) is 0 Å². The van der Waals surface area contributed by atoms with E-state index < -0.39 is 0 Å². The van der Waals surface area contributed by atoms with Crippen molar-refractivity contribution in [2.24, 2.45) is 7.05 Å². The van der Waals surface area contributed by atoms with E-state index in [0.717, 1.165) is 21.5 Å². The van der Waals surface area contributed by atoms with Crippen molar-refractivity contribution in [2.75, 3.05) is 0 Å². The van der Waals surface area contributed by atoms with Crippen LogP contribution < -0.4 is 0 Å². The van der Waals surface area contributed by atoms with Crippen molar-refractivity contribution in [1.82, 2.24) is 14.5 Å². The summed E-state index contributed by atoms with van der Waals surface area (Å²) in [5, 5.41) is 1.73. The highest BCUT2D eigenvalue weighted by Gasteiger charge is 2.11. The molecule has 0 aliphatic heterocycles. The summed E-state index contributed by atoms with van der Waals surface area (Å²) in [7, 11) is 1.98. The van der Waals surface area contributed by atoms with Crippen molar-refractivity contribution in [3.8, 4) is 10.4 Å². The van der Waals surface area contributed by atoms with E-state index in [2.05, 4.69) is 16.2 Å². The van der Waals surface area contributed by atoms with E-state index in [9.17, 15) is 0 Å². The van der Waals surface area contributed by atoms with Gasteiger partial charge in [0.25, 0.3) is 0 Å². The van der Waals surface area contributed by atoms with Gasteiger partial charge in [-0.25, -0.2) is 4.98 Å². The number of hydrogen-bond donors (Lipinski definition) is 0. The van der Waals surface area contributed by atoms with Crippen molar-refractivity contribution in [3.05, 3.63) is 35.2 Å². The molecule has 0 aliphatic carbocycles. The van der Waals surface area contributed by atoms with Crippen molar-refractivity contribution in [2.45, 2.75) is 0 Å². The quantitative estimate of drug-likeness (QED) is 0.662. The lowest BCUT2D eigenvalue weighted by Crippen LogP contribution is -1.86. The van der Waals surface area contributed by atoms with Crippen LogP contribution in [-0.2, 0) is 7.05 Å². The molecule has 16 heavy (non-hydrogen) atoms. The predicted octanol–water partition coefficient (Wildman–Crippen LogP) is 3.35. The summed E-state index contributed by atoms with van der Waals surface area (Å²) in [6.45, 7) is 0. The summed E-state index contributed by atoms with van der Waals surface area (Å²) in [5.41, 5.74) is 3.90. The molecule has 0 aromatic carbocycles. The molecule has 3 heterocycles. The first-order valence-corrected chi connectivity index (χ1v) is 6.01. The molecule has 3 aromatic heterocycles. The van der Waals surface area contributed by atoms with E-state index in [0.29, 0.717) is 5.02 Å². The summed E-state index contributed by atoms with van der Waals surface area (Å²) in [6, 6.07) is 1.94. The van der Waals surface area contributed by atoms with Gasteiger partial charge in [0.2, 0.25) is 0 Å². The van der Waals surface area contributed by atoms with Crippen LogP contribution in [0.2, 0.25) is 5.02 Å². The van der Waals surface area contributed by atoms with Gasteiger partial charge in [-0.15, -0.1) is 11.3 Å². The zero-order valence-electron chi connectivity index (χ0n) is 8.51. The number of fused-ring (bicyclic) bond motifs is 1. The Labute approximate surface area is 101 Å². The highest BCUT2D eigenvalue weighted by Crippen LogP contribution is 2.32. The molecular formula is C11H8ClN3S. The Hall–Kier alpha value is -1.39. The van der Waals surface area contributed by atoms with E-state index in [4.69, 9.17) is 11.6 Å². The topological polar surface area (TPSA) is 30.7 Å². The van der Waals surface area contributed by atoms with Gasteiger partial charge < -0.3 is 4.57 Å². The number of aryl methyl sites for hydroxylation is 1. The smallest absolute Gasteiger partial charge is 0.140 e. The second-order valence-corrected chi connectivity index (χ2v) is 4.87. The first-order chi connectivity index (χ1) is 7.75. The number of pyridine rings is 1. The molecule has 0 saturated heterocycles. The van der Waals surface area contributed by atoms with Gasteiger partial charge in [0.1, 0.15) is 5.65 Å². The van der Waals surface area contributed by atoms with Gasteiger partial charge in [0.05, 0.1) is 15.4 Å². The Morgan fingerprint density at radius 2 is 2.25 bits per heavy atom. The summed E-state index contributed by atoms with van der Waals surface area (Å²) in [5.74, 6) is 0. The first kappa shape index (κ1) is 9.81. The molecule has 0 saturated carbocycles. The largest absolute Gasteiger partial charge is 0.335 e. The second-order valence-electron chi connectivity index (χ2n) is 3.54. The minimum Gasteiger partial charge on any atom is -0.335 e. The number of hydrogen-bond acceptors (Lipinski definition) is 3. The molecule has 0 atom stereocenters. The first-order valence-electron chi connectivity index (χ1n) is 4.75. The molecule has 0 radical (unpaired) electrons. The maximum absolute atomic E-state index is 5.98. The molecule has 0 fully saturated rings. The highest BCUT2D eigenvalue weighted by atomic mass is 35.5. The van der Waals surface area contributed by atoms with Crippen LogP contribution in [0.4, 0.5) is 0 Å². The van der Waals surface area contributed by atoms with Gasteiger partial charge in [0.15, 0.2) is 0 Å². The third kappa shape index (κ3) is 1.42. The summed E-state index contributed by atoms with van der Waals surface area (Å²) >= 11 is 7.59. The number of thiazole rings is 1. The third-order valence-electron chi connectivity index (χ3n) is 2.48. The third-order valence-corrected chi connectivity index (χ3v) is 3.49. The molecule has 0 aliphatic rings. The van der Waals surface area contributed by atoms with Crippen molar-refractivity contribution in [3.63, 3.8) is 0 Å². The van der Waals surface area contributed by atoms with E-state index in [1.807, 2.05) is 29.4 Å². The van der Waals surface area contributed by atoms with E-state index in [1.54, 1.807) is 17.5 Å². The lowest BCUT2D eigenvalue weighted by molar-refractivity contribution is 0.949. The van der Waals surface area contributed by atoms with Crippen LogP contribution in [0.5, 0.6) is 0 Å². The lowest BCUT2D eigenvalue weighted by atomic mass is 10.2. The average Bonchev–Trinajstić information content (AvgIpc) is 2.86. The zero-order chi connectivity index (χ0) is 11.1. The monoisotopic (exact) mass is 249 g/mol. The molecule has 3 nitrogen and oxygen atoms in total. The number of nitrogens with zero attached hydrogens (tertiary/aromatic N) is 3. The molecular weight excluding hydrogens is 242 g/mol. The standard InChI is InChI=1S/C11H8ClN3S/c1-15-5-9(10-4-13-6-16-10)8-2-7(12)3-14-11(8)15/h2-6H,1H3. The Kier molecular flexibility index (Phi) is 2.19. The molecule has 0 unspecified atom stereocenters. The fourth-order valence-corrected chi connectivity index (χ4v) is 2.59. The van der Waals surface area contributed by atoms with Gasteiger partial charge in [0, 0.05) is 36.6 Å². The van der Waals surface area contributed by atoms with Crippen molar-refractivity contribution < 1.29 is 0 Å². The van der Waals surface area contributed by atoms with Gasteiger partial charge in [-0.1, -0.05) is 11.6 Å². The summed E-state index contributed by atoms with van der Waals surface area (Å²) < 4.78 is 2.00. The molecule has 0 spiro atoms. The SMILES string of the molecule is Cn1cc(-c2cncs2)c2cc(Cl)cnc21. The molecule has 5 heteroatoms. The average molecular weight is 250 g/mol. The Bertz CT molecular complexity index is 643. The maximum atomic E-state index is 5.98. The number of halogens is 1.